The summed E-state index contributed by atoms with van der Waals surface area (Å²) in [6.45, 7) is -1.76. The van der Waals surface area contributed by atoms with Crippen molar-refractivity contribution in [3.05, 3.63) is 23.8 Å². The van der Waals surface area contributed by atoms with Crippen LogP contribution in [0.3, 0.4) is 0 Å². The number of rotatable bonds is 6. The van der Waals surface area contributed by atoms with Crippen molar-refractivity contribution < 1.29 is 28.2 Å². The van der Waals surface area contributed by atoms with Crippen molar-refractivity contribution in [3.8, 4) is 11.5 Å². The van der Waals surface area contributed by atoms with Gasteiger partial charge in [0.2, 0.25) is 0 Å². The highest BCUT2D eigenvalue weighted by Gasteiger charge is 2.20. The summed E-state index contributed by atoms with van der Waals surface area (Å²) < 4.78 is 33.9. The van der Waals surface area contributed by atoms with Crippen LogP contribution < -0.4 is 14.8 Å². The fourth-order valence-electron chi connectivity index (χ4n) is 1.41. The van der Waals surface area contributed by atoms with Crippen LogP contribution in [-0.4, -0.2) is 37.4 Å². The summed E-state index contributed by atoms with van der Waals surface area (Å²) in [6.07, 6.45) is 0. The number of alkyl halides is 2. The third-order valence-corrected chi connectivity index (χ3v) is 2.30. The predicted molar refractivity (Wildman–Crippen MR) is 63.6 cm³/mol. The van der Waals surface area contributed by atoms with Gasteiger partial charge in [0.1, 0.15) is 0 Å². The first-order valence-electron chi connectivity index (χ1n) is 5.53. The molecule has 5 nitrogen and oxygen atoms in total. The SMILES string of the molecule is COc1cccc(C(=O)NC(C)CO)c1OC(F)F. The van der Waals surface area contributed by atoms with Gasteiger partial charge in [-0.3, -0.25) is 4.79 Å². The van der Waals surface area contributed by atoms with E-state index in [1.807, 2.05) is 0 Å². The Morgan fingerprint density at radius 3 is 2.68 bits per heavy atom. The van der Waals surface area contributed by atoms with Crippen LogP contribution in [0, 0.1) is 0 Å². The normalized spacial score (nSPS) is 12.1. The van der Waals surface area contributed by atoms with Gasteiger partial charge in [-0.1, -0.05) is 6.07 Å². The molecule has 1 aromatic rings. The molecule has 0 fully saturated rings. The number of aliphatic hydroxyl groups excluding tert-OH is 1. The first kappa shape index (κ1) is 15.2. The van der Waals surface area contributed by atoms with Gasteiger partial charge in [0.05, 0.1) is 19.3 Å². The van der Waals surface area contributed by atoms with Gasteiger partial charge in [0.25, 0.3) is 5.91 Å². The van der Waals surface area contributed by atoms with Crippen molar-refractivity contribution in [2.45, 2.75) is 19.6 Å². The molecule has 0 saturated carbocycles. The number of hydrogen-bond acceptors (Lipinski definition) is 4. The lowest BCUT2D eigenvalue weighted by molar-refractivity contribution is -0.0515. The highest BCUT2D eigenvalue weighted by atomic mass is 19.3. The first-order valence-corrected chi connectivity index (χ1v) is 5.53. The fraction of sp³-hybridized carbons (Fsp3) is 0.417. The minimum Gasteiger partial charge on any atom is -0.493 e. The van der Waals surface area contributed by atoms with E-state index in [-0.39, 0.29) is 23.7 Å². The smallest absolute Gasteiger partial charge is 0.387 e. The number of halogens is 2. The topological polar surface area (TPSA) is 67.8 Å². The van der Waals surface area contributed by atoms with Crippen molar-refractivity contribution in [3.63, 3.8) is 0 Å². The molecule has 0 aromatic heterocycles. The number of hydrogen-bond donors (Lipinski definition) is 2. The molecule has 0 bridgehead atoms. The van der Waals surface area contributed by atoms with E-state index < -0.39 is 18.6 Å². The highest BCUT2D eigenvalue weighted by Crippen LogP contribution is 2.32. The Morgan fingerprint density at radius 2 is 2.16 bits per heavy atom. The Kier molecular flexibility index (Phi) is 5.50. The lowest BCUT2D eigenvalue weighted by Gasteiger charge is -2.16. The van der Waals surface area contributed by atoms with Crippen molar-refractivity contribution in [1.82, 2.24) is 5.32 Å². The number of nitrogens with one attached hydrogen (secondary N) is 1. The standard InChI is InChI=1S/C12H15F2NO4/c1-7(6-16)15-11(17)8-4-3-5-9(18-2)10(8)19-12(13)14/h3-5,7,12,16H,6H2,1-2H3,(H,15,17). The van der Waals surface area contributed by atoms with Crippen molar-refractivity contribution in [2.24, 2.45) is 0 Å². The minimum absolute atomic E-state index is 0.0320. The lowest BCUT2D eigenvalue weighted by atomic mass is 10.1. The minimum atomic E-state index is -3.07. The van der Waals surface area contributed by atoms with E-state index in [0.717, 1.165) is 0 Å². The number of carbonyl (C=O) groups is 1. The molecule has 2 N–H and O–H groups in total. The van der Waals surface area contributed by atoms with Crippen LogP contribution in [0.4, 0.5) is 8.78 Å². The summed E-state index contributed by atoms with van der Waals surface area (Å²) in [5, 5.41) is 11.3. The van der Waals surface area contributed by atoms with E-state index in [0.29, 0.717) is 0 Å². The number of ether oxygens (including phenoxy) is 2. The highest BCUT2D eigenvalue weighted by molar-refractivity contribution is 5.98. The Labute approximate surface area is 109 Å². The van der Waals surface area contributed by atoms with Crippen molar-refractivity contribution >= 4 is 5.91 Å². The van der Waals surface area contributed by atoms with Crippen molar-refractivity contribution in [2.75, 3.05) is 13.7 Å². The third-order valence-electron chi connectivity index (χ3n) is 2.30. The van der Waals surface area contributed by atoms with Gasteiger partial charge >= 0.3 is 6.61 Å². The Balaban J connectivity index is 3.07. The molecule has 0 aliphatic rings. The summed E-state index contributed by atoms with van der Waals surface area (Å²) >= 11 is 0. The second-order valence-electron chi connectivity index (χ2n) is 3.77. The van der Waals surface area contributed by atoms with Crippen LogP contribution in [0.15, 0.2) is 18.2 Å². The Bertz CT molecular complexity index is 440. The van der Waals surface area contributed by atoms with Crippen LogP contribution in [0.25, 0.3) is 0 Å². The van der Waals surface area contributed by atoms with Gasteiger partial charge < -0.3 is 19.9 Å². The zero-order valence-electron chi connectivity index (χ0n) is 10.5. The predicted octanol–water partition coefficient (Wildman–Crippen LogP) is 1.41. The average Bonchev–Trinajstić information content (AvgIpc) is 2.37. The maximum absolute atomic E-state index is 12.4. The third kappa shape index (κ3) is 4.06. The zero-order valence-corrected chi connectivity index (χ0v) is 10.5. The monoisotopic (exact) mass is 275 g/mol. The number of methoxy groups -OCH3 is 1. The van der Waals surface area contributed by atoms with Crippen LogP contribution in [-0.2, 0) is 0 Å². The summed E-state index contributed by atoms with van der Waals surface area (Å²) in [4.78, 5) is 11.9. The summed E-state index contributed by atoms with van der Waals surface area (Å²) in [6, 6.07) is 3.72. The van der Waals surface area contributed by atoms with Gasteiger partial charge in [-0.25, -0.2) is 0 Å². The molecule has 7 heteroatoms. The van der Waals surface area contributed by atoms with E-state index in [1.54, 1.807) is 6.92 Å². The maximum Gasteiger partial charge on any atom is 0.387 e. The summed E-state index contributed by atoms with van der Waals surface area (Å²) in [5.41, 5.74) is -0.0834. The van der Waals surface area contributed by atoms with Gasteiger partial charge in [0.15, 0.2) is 11.5 Å². The van der Waals surface area contributed by atoms with Gasteiger partial charge in [0, 0.05) is 6.04 Å². The number of aliphatic hydroxyl groups is 1. The molecule has 0 aliphatic heterocycles. The molecule has 1 rings (SSSR count). The van der Waals surface area contributed by atoms with E-state index in [4.69, 9.17) is 9.84 Å². The number of benzene rings is 1. The van der Waals surface area contributed by atoms with E-state index in [2.05, 4.69) is 10.1 Å². The van der Waals surface area contributed by atoms with Gasteiger partial charge in [-0.05, 0) is 19.1 Å². The Morgan fingerprint density at radius 1 is 1.47 bits per heavy atom. The molecule has 0 saturated heterocycles. The summed E-state index contributed by atoms with van der Waals surface area (Å²) in [5.74, 6) is -0.927. The molecular weight excluding hydrogens is 260 g/mol. The largest absolute Gasteiger partial charge is 0.493 e. The fourth-order valence-corrected chi connectivity index (χ4v) is 1.41. The van der Waals surface area contributed by atoms with Crippen molar-refractivity contribution in [1.29, 1.82) is 0 Å². The molecule has 0 radical (unpaired) electrons. The maximum atomic E-state index is 12.4. The molecule has 1 unspecified atom stereocenters. The second kappa shape index (κ2) is 6.89. The summed E-state index contributed by atoms with van der Waals surface area (Å²) in [7, 11) is 1.28. The van der Waals surface area contributed by atoms with Gasteiger partial charge in [-0.15, -0.1) is 0 Å². The van der Waals surface area contributed by atoms with Crippen LogP contribution in [0.5, 0.6) is 11.5 Å². The second-order valence-corrected chi connectivity index (χ2v) is 3.77. The molecule has 1 atom stereocenters. The van der Waals surface area contributed by atoms with E-state index in [9.17, 15) is 13.6 Å². The molecule has 0 heterocycles. The average molecular weight is 275 g/mol. The van der Waals surface area contributed by atoms with Gasteiger partial charge in [-0.2, -0.15) is 8.78 Å². The molecule has 0 spiro atoms. The van der Waals surface area contributed by atoms with Crippen LogP contribution >= 0.6 is 0 Å². The number of para-hydroxylation sites is 1. The van der Waals surface area contributed by atoms with Crippen LogP contribution in [0.1, 0.15) is 17.3 Å². The molecule has 19 heavy (non-hydrogen) atoms. The van der Waals surface area contributed by atoms with E-state index >= 15 is 0 Å². The number of amides is 1. The molecule has 1 amide bonds. The molecule has 1 aromatic carbocycles. The Hall–Kier alpha value is -1.89. The quantitative estimate of drug-likeness (QED) is 0.823. The molecule has 0 aliphatic carbocycles. The van der Waals surface area contributed by atoms with Crippen LogP contribution in [0.2, 0.25) is 0 Å². The first-order chi connectivity index (χ1) is 8.99. The number of carbonyl (C=O) groups excluding carboxylic acids is 1. The lowest BCUT2D eigenvalue weighted by Crippen LogP contribution is -2.35. The molecular formula is C12H15F2NO4. The zero-order chi connectivity index (χ0) is 14.4. The molecule has 106 valence electrons. The van der Waals surface area contributed by atoms with E-state index in [1.165, 1.54) is 25.3 Å².